The van der Waals surface area contributed by atoms with Crippen LogP contribution in [-0.2, 0) is 10.8 Å². The molecule has 0 amide bonds. The third-order valence-electron chi connectivity index (χ3n) is 9.59. The second-order valence-electron chi connectivity index (χ2n) is 12.2. The number of nitrogens with zero attached hydrogens (tertiary/aromatic N) is 1. The minimum atomic E-state index is -0.0971. The average Bonchev–Trinajstić information content (AvgIpc) is 3.27. The first-order valence-corrected chi connectivity index (χ1v) is 13.7. The van der Waals surface area contributed by atoms with Crippen LogP contribution < -0.4 is 4.90 Å². The maximum absolute atomic E-state index is 2.54. The fourth-order valence-electron chi connectivity index (χ4n) is 7.82. The molecular weight excluding hydrogens is 458 g/mol. The fraction of sp³-hybridized carbons (Fsp3) is 0.189. The van der Waals surface area contributed by atoms with Gasteiger partial charge in [-0.15, -0.1) is 0 Å². The molecule has 0 aromatic heterocycles. The highest BCUT2D eigenvalue weighted by molar-refractivity contribution is 6.08. The first-order chi connectivity index (χ1) is 18.3. The molecule has 2 aliphatic carbocycles. The van der Waals surface area contributed by atoms with Gasteiger partial charge in [0.05, 0.1) is 11.4 Å². The van der Waals surface area contributed by atoms with Gasteiger partial charge in [0.1, 0.15) is 0 Å². The molecule has 0 spiro atoms. The van der Waals surface area contributed by atoms with Crippen molar-refractivity contribution in [3.05, 3.63) is 119 Å². The predicted molar refractivity (Wildman–Crippen MR) is 161 cm³/mol. The van der Waals surface area contributed by atoms with Crippen molar-refractivity contribution in [3.63, 3.8) is 0 Å². The predicted octanol–water partition coefficient (Wildman–Crippen LogP) is 9.71. The molecule has 184 valence electrons. The third-order valence-corrected chi connectivity index (χ3v) is 9.59. The first kappa shape index (κ1) is 21.9. The van der Waals surface area contributed by atoms with Crippen LogP contribution in [-0.4, -0.2) is 7.05 Å². The lowest BCUT2D eigenvalue weighted by Crippen LogP contribution is -2.22. The lowest BCUT2D eigenvalue weighted by molar-refractivity contribution is 0.659. The van der Waals surface area contributed by atoms with E-state index in [1.54, 1.807) is 0 Å². The quantitative estimate of drug-likeness (QED) is 0.209. The van der Waals surface area contributed by atoms with Gasteiger partial charge >= 0.3 is 0 Å². The summed E-state index contributed by atoms with van der Waals surface area (Å²) in [6.45, 7) is 9.55. The van der Waals surface area contributed by atoms with E-state index in [1.165, 1.54) is 78.1 Å². The van der Waals surface area contributed by atoms with Crippen molar-refractivity contribution in [2.45, 2.75) is 38.5 Å². The van der Waals surface area contributed by atoms with E-state index in [-0.39, 0.29) is 10.8 Å². The van der Waals surface area contributed by atoms with Crippen LogP contribution in [0.25, 0.3) is 44.5 Å². The van der Waals surface area contributed by atoms with E-state index in [9.17, 15) is 0 Å². The highest BCUT2D eigenvalue weighted by Gasteiger charge is 2.43. The van der Waals surface area contributed by atoms with Crippen LogP contribution in [0, 0.1) is 0 Å². The summed E-state index contributed by atoms with van der Waals surface area (Å²) < 4.78 is 0. The van der Waals surface area contributed by atoms with Crippen molar-refractivity contribution in [1.82, 2.24) is 0 Å². The maximum atomic E-state index is 2.54. The van der Waals surface area contributed by atoms with Crippen LogP contribution in [0.2, 0.25) is 0 Å². The number of fused-ring (bicyclic) bond motifs is 13. The number of hydrogen-bond acceptors (Lipinski definition) is 1. The minimum Gasteiger partial charge on any atom is -0.343 e. The topological polar surface area (TPSA) is 3.24 Å². The Balaban J connectivity index is 1.54. The lowest BCUT2D eigenvalue weighted by Gasteiger charge is -2.32. The Kier molecular flexibility index (Phi) is 4.07. The zero-order valence-corrected chi connectivity index (χ0v) is 22.7. The summed E-state index contributed by atoms with van der Waals surface area (Å²) in [4.78, 5) is 2.54. The highest BCUT2D eigenvalue weighted by Crippen LogP contribution is 2.61. The number of benzene rings is 5. The van der Waals surface area contributed by atoms with Crippen LogP contribution in [0.5, 0.6) is 0 Å². The smallest absolute Gasteiger partial charge is 0.0571 e. The fourth-order valence-corrected chi connectivity index (χ4v) is 7.82. The van der Waals surface area contributed by atoms with Crippen LogP contribution >= 0.6 is 0 Å². The van der Waals surface area contributed by atoms with Crippen LogP contribution in [0.3, 0.4) is 0 Å². The summed E-state index contributed by atoms with van der Waals surface area (Å²) in [5.41, 5.74) is 19.0. The Morgan fingerprint density at radius 1 is 0.421 bits per heavy atom. The van der Waals surface area contributed by atoms with Crippen molar-refractivity contribution in [1.29, 1.82) is 0 Å². The van der Waals surface area contributed by atoms with Crippen molar-refractivity contribution in [2.75, 3.05) is 11.9 Å². The highest BCUT2D eigenvalue weighted by atomic mass is 15.1. The van der Waals surface area contributed by atoms with Gasteiger partial charge < -0.3 is 4.90 Å². The zero-order chi connectivity index (χ0) is 26.0. The molecule has 0 atom stereocenters. The van der Waals surface area contributed by atoms with Crippen molar-refractivity contribution in [2.24, 2.45) is 0 Å². The van der Waals surface area contributed by atoms with Crippen molar-refractivity contribution in [3.8, 4) is 44.5 Å². The summed E-state index contributed by atoms with van der Waals surface area (Å²) in [6, 6.07) is 36.5. The van der Waals surface area contributed by atoms with Gasteiger partial charge in [-0.3, -0.25) is 0 Å². The molecule has 38 heavy (non-hydrogen) atoms. The Morgan fingerprint density at radius 3 is 1.61 bits per heavy atom. The SMILES string of the molecule is CN1c2c(ccc3c2-c2ccccc2C3(C)C)-c2ccccc2-c2ccc3c(c21)C(C)(C)c1ccccc1-3. The van der Waals surface area contributed by atoms with E-state index in [0.29, 0.717) is 0 Å². The summed E-state index contributed by atoms with van der Waals surface area (Å²) >= 11 is 0. The van der Waals surface area contributed by atoms with E-state index >= 15 is 0 Å². The monoisotopic (exact) mass is 489 g/mol. The number of rotatable bonds is 0. The second kappa shape index (κ2) is 7.05. The second-order valence-corrected chi connectivity index (χ2v) is 12.2. The standard InChI is InChI=1S/C37H31N/c1-36(2)30-17-11-9-15-28(30)32-31(36)21-20-26-22-12-6-7-13-23(22)27-19-18-25-24-14-8-10-16-29(24)37(3,4)33(25)35(27)38(5)34(26)32/h6-21H,1-5H3. The van der Waals surface area contributed by atoms with E-state index in [1.807, 2.05) is 0 Å². The van der Waals surface area contributed by atoms with E-state index in [2.05, 4.69) is 137 Å². The summed E-state index contributed by atoms with van der Waals surface area (Å²) in [6.07, 6.45) is 0. The molecule has 5 aromatic rings. The Morgan fingerprint density at radius 2 is 0.921 bits per heavy atom. The van der Waals surface area contributed by atoms with Crippen LogP contribution in [0.15, 0.2) is 97.1 Å². The van der Waals surface area contributed by atoms with E-state index < -0.39 is 0 Å². The molecule has 8 rings (SSSR count). The molecule has 0 saturated carbocycles. The van der Waals surface area contributed by atoms with Gasteiger partial charge in [0.2, 0.25) is 0 Å². The van der Waals surface area contributed by atoms with Gasteiger partial charge in [0.15, 0.2) is 0 Å². The Hall–Kier alpha value is -4.10. The molecule has 1 heterocycles. The molecule has 1 nitrogen and oxygen atoms in total. The summed E-state index contributed by atoms with van der Waals surface area (Å²) in [7, 11) is 2.30. The first-order valence-electron chi connectivity index (χ1n) is 13.7. The molecular formula is C37H31N. The molecule has 0 fully saturated rings. The largest absolute Gasteiger partial charge is 0.343 e. The van der Waals surface area contributed by atoms with Crippen molar-refractivity contribution >= 4 is 11.4 Å². The van der Waals surface area contributed by atoms with Crippen LogP contribution in [0.1, 0.15) is 49.9 Å². The van der Waals surface area contributed by atoms with E-state index in [0.717, 1.165) is 0 Å². The van der Waals surface area contributed by atoms with Crippen LogP contribution in [0.4, 0.5) is 11.4 Å². The molecule has 0 saturated heterocycles. The Labute approximate surface area is 225 Å². The number of anilines is 2. The van der Waals surface area contributed by atoms with Gasteiger partial charge in [-0.25, -0.2) is 0 Å². The molecule has 1 aliphatic heterocycles. The third kappa shape index (κ3) is 2.48. The van der Waals surface area contributed by atoms with Gasteiger partial charge in [-0.2, -0.15) is 0 Å². The molecule has 0 N–H and O–H groups in total. The molecule has 5 aromatic carbocycles. The van der Waals surface area contributed by atoms with E-state index in [4.69, 9.17) is 0 Å². The zero-order valence-electron chi connectivity index (χ0n) is 22.7. The molecule has 0 radical (unpaired) electrons. The lowest BCUT2D eigenvalue weighted by atomic mass is 9.80. The minimum absolute atomic E-state index is 0.0371. The Bertz CT molecular complexity index is 1830. The average molecular weight is 490 g/mol. The van der Waals surface area contributed by atoms with Gasteiger partial charge in [-0.05, 0) is 50.1 Å². The summed E-state index contributed by atoms with van der Waals surface area (Å²) in [5.74, 6) is 0. The number of hydrogen-bond donors (Lipinski definition) is 0. The van der Waals surface area contributed by atoms with Gasteiger partial charge in [0.25, 0.3) is 0 Å². The molecule has 3 aliphatic rings. The summed E-state index contributed by atoms with van der Waals surface area (Å²) in [5, 5.41) is 0. The van der Waals surface area contributed by atoms with Gasteiger partial charge in [0, 0.05) is 34.6 Å². The molecule has 1 heteroatoms. The molecule has 0 unspecified atom stereocenters. The molecule has 0 bridgehead atoms. The normalized spacial score (nSPS) is 16.4. The maximum Gasteiger partial charge on any atom is 0.0571 e. The van der Waals surface area contributed by atoms with Crippen molar-refractivity contribution < 1.29 is 0 Å². The van der Waals surface area contributed by atoms with Gasteiger partial charge in [-0.1, -0.05) is 125 Å².